The Morgan fingerprint density at radius 3 is 2.53 bits per heavy atom. The van der Waals surface area contributed by atoms with Gasteiger partial charge in [0, 0.05) is 6.92 Å². The highest BCUT2D eigenvalue weighted by Gasteiger charge is 2.15. The van der Waals surface area contributed by atoms with Crippen molar-refractivity contribution in [1.82, 2.24) is 15.5 Å². The van der Waals surface area contributed by atoms with Gasteiger partial charge in [-0.1, -0.05) is 32.3 Å². The maximum atomic E-state index is 4.98. The Kier molecular flexibility index (Phi) is 4.75. The van der Waals surface area contributed by atoms with E-state index < -0.39 is 0 Å². The van der Waals surface area contributed by atoms with Gasteiger partial charge in [-0.15, -0.1) is 0 Å². The first kappa shape index (κ1) is 12.2. The lowest BCUT2D eigenvalue weighted by Gasteiger charge is -2.16. The molecule has 1 aromatic rings. The molecule has 86 valence electrons. The summed E-state index contributed by atoms with van der Waals surface area (Å²) in [6, 6.07) is 0.219. The summed E-state index contributed by atoms with van der Waals surface area (Å²) in [6.07, 6.45) is 2.17. The predicted octanol–water partition coefficient (Wildman–Crippen LogP) is 2.46. The molecule has 0 saturated carbocycles. The van der Waals surface area contributed by atoms with Crippen molar-refractivity contribution < 1.29 is 4.52 Å². The van der Waals surface area contributed by atoms with Gasteiger partial charge in [-0.05, 0) is 18.9 Å². The highest BCUT2D eigenvalue weighted by Crippen LogP contribution is 2.13. The quantitative estimate of drug-likeness (QED) is 0.785. The third kappa shape index (κ3) is 3.63. The van der Waals surface area contributed by atoms with E-state index in [0.717, 1.165) is 18.8 Å². The van der Waals surface area contributed by atoms with Crippen molar-refractivity contribution >= 4 is 0 Å². The molecule has 0 fully saturated rings. The molecule has 0 aliphatic carbocycles. The molecule has 1 rings (SSSR count). The summed E-state index contributed by atoms with van der Waals surface area (Å²) in [5, 5.41) is 7.41. The molecule has 1 aromatic heterocycles. The lowest BCUT2D eigenvalue weighted by Crippen LogP contribution is -2.26. The van der Waals surface area contributed by atoms with Crippen LogP contribution in [0.3, 0.4) is 0 Å². The lowest BCUT2D eigenvalue weighted by molar-refractivity contribution is 0.368. The average molecular weight is 211 g/mol. The van der Waals surface area contributed by atoms with Gasteiger partial charge in [0.1, 0.15) is 0 Å². The smallest absolute Gasteiger partial charge is 0.223 e. The molecule has 0 amide bonds. The molecule has 0 bridgehead atoms. The molecule has 4 nitrogen and oxygen atoms in total. The van der Waals surface area contributed by atoms with Gasteiger partial charge in [0.15, 0.2) is 5.82 Å². The SMILES string of the molecule is CCC(C)CNC(CC)c1noc(C)n1. The second kappa shape index (κ2) is 5.85. The molecule has 0 spiro atoms. The highest BCUT2D eigenvalue weighted by molar-refractivity contribution is 4.92. The Bertz CT molecular complexity index is 285. The minimum Gasteiger partial charge on any atom is -0.340 e. The minimum atomic E-state index is 0.219. The molecule has 0 aliphatic heterocycles. The molecule has 1 heterocycles. The number of nitrogens with zero attached hydrogens (tertiary/aromatic N) is 2. The van der Waals surface area contributed by atoms with Gasteiger partial charge < -0.3 is 9.84 Å². The van der Waals surface area contributed by atoms with E-state index in [-0.39, 0.29) is 6.04 Å². The maximum absolute atomic E-state index is 4.98. The molecule has 2 atom stereocenters. The van der Waals surface area contributed by atoms with Crippen molar-refractivity contribution in [2.75, 3.05) is 6.54 Å². The minimum absolute atomic E-state index is 0.219. The lowest BCUT2D eigenvalue weighted by atomic mass is 10.1. The third-order valence-corrected chi connectivity index (χ3v) is 2.67. The standard InChI is InChI=1S/C11H21N3O/c1-5-8(3)7-12-10(6-2)11-13-9(4)15-14-11/h8,10,12H,5-7H2,1-4H3. The van der Waals surface area contributed by atoms with Crippen LogP contribution in [0.15, 0.2) is 4.52 Å². The largest absolute Gasteiger partial charge is 0.340 e. The second-order valence-corrected chi connectivity index (χ2v) is 4.05. The van der Waals surface area contributed by atoms with Crippen LogP contribution in [0, 0.1) is 12.8 Å². The van der Waals surface area contributed by atoms with E-state index in [0.29, 0.717) is 11.8 Å². The molecule has 15 heavy (non-hydrogen) atoms. The Labute approximate surface area is 91.5 Å². The fraction of sp³-hybridized carbons (Fsp3) is 0.818. The summed E-state index contributed by atoms with van der Waals surface area (Å²) in [5.74, 6) is 2.10. The van der Waals surface area contributed by atoms with Crippen LogP contribution in [-0.4, -0.2) is 16.7 Å². The van der Waals surface area contributed by atoms with Crippen LogP contribution < -0.4 is 5.32 Å². The topological polar surface area (TPSA) is 51.0 Å². The van der Waals surface area contributed by atoms with Crippen LogP contribution in [-0.2, 0) is 0 Å². The van der Waals surface area contributed by atoms with Gasteiger partial charge in [0.25, 0.3) is 0 Å². The summed E-state index contributed by atoms with van der Waals surface area (Å²) in [7, 11) is 0. The van der Waals surface area contributed by atoms with Crippen LogP contribution in [0.25, 0.3) is 0 Å². The first-order valence-electron chi connectivity index (χ1n) is 5.70. The maximum Gasteiger partial charge on any atom is 0.223 e. The molecular weight excluding hydrogens is 190 g/mol. The first-order chi connectivity index (χ1) is 7.17. The van der Waals surface area contributed by atoms with Crippen LogP contribution in [0.4, 0.5) is 0 Å². The fourth-order valence-electron chi connectivity index (χ4n) is 1.36. The zero-order valence-corrected chi connectivity index (χ0v) is 10.1. The number of nitrogens with one attached hydrogen (secondary N) is 1. The van der Waals surface area contributed by atoms with E-state index in [1.165, 1.54) is 6.42 Å². The number of hydrogen-bond acceptors (Lipinski definition) is 4. The molecule has 1 N–H and O–H groups in total. The van der Waals surface area contributed by atoms with E-state index >= 15 is 0 Å². The van der Waals surface area contributed by atoms with Crippen molar-refractivity contribution in [3.8, 4) is 0 Å². The van der Waals surface area contributed by atoms with Gasteiger partial charge in [-0.3, -0.25) is 0 Å². The summed E-state index contributed by atoms with van der Waals surface area (Å²) in [5.41, 5.74) is 0. The molecule has 4 heteroatoms. The van der Waals surface area contributed by atoms with E-state index in [1.807, 2.05) is 6.92 Å². The zero-order chi connectivity index (χ0) is 11.3. The number of aromatic nitrogens is 2. The predicted molar refractivity (Wildman–Crippen MR) is 59.5 cm³/mol. The highest BCUT2D eigenvalue weighted by atomic mass is 16.5. The normalized spacial score (nSPS) is 15.2. The van der Waals surface area contributed by atoms with Crippen LogP contribution in [0.5, 0.6) is 0 Å². The monoisotopic (exact) mass is 211 g/mol. The molecule has 0 aliphatic rings. The van der Waals surface area contributed by atoms with Crippen molar-refractivity contribution in [3.63, 3.8) is 0 Å². The van der Waals surface area contributed by atoms with E-state index in [1.54, 1.807) is 0 Å². The Morgan fingerprint density at radius 2 is 2.07 bits per heavy atom. The molecule has 2 unspecified atom stereocenters. The summed E-state index contributed by atoms with van der Waals surface area (Å²) >= 11 is 0. The van der Waals surface area contributed by atoms with E-state index in [9.17, 15) is 0 Å². The Hall–Kier alpha value is -0.900. The van der Waals surface area contributed by atoms with E-state index in [2.05, 4.69) is 36.2 Å². The Balaban J connectivity index is 2.49. The van der Waals surface area contributed by atoms with Crippen molar-refractivity contribution in [2.24, 2.45) is 5.92 Å². The van der Waals surface area contributed by atoms with Crippen molar-refractivity contribution in [1.29, 1.82) is 0 Å². The van der Waals surface area contributed by atoms with Gasteiger partial charge >= 0.3 is 0 Å². The van der Waals surface area contributed by atoms with Crippen LogP contribution >= 0.6 is 0 Å². The summed E-state index contributed by atoms with van der Waals surface area (Å²) in [6.45, 7) is 9.38. The fourth-order valence-corrected chi connectivity index (χ4v) is 1.36. The van der Waals surface area contributed by atoms with Crippen molar-refractivity contribution in [2.45, 2.75) is 46.6 Å². The van der Waals surface area contributed by atoms with E-state index in [4.69, 9.17) is 4.52 Å². The van der Waals surface area contributed by atoms with Crippen molar-refractivity contribution in [3.05, 3.63) is 11.7 Å². The molecule has 0 saturated heterocycles. The van der Waals surface area contributed by atoms with Gasteiger partial charge in [0.2, 0.25) is 5.89 Å². The number of hydrogen-bond donors (Lipinski definition) is 1. The Morgan fingerprint density at radius 1 is 1.33 bits per heavy atom. The first-order valence-corrected chi connectivity index (χ1v) is 5.70. The van der Waals surface area contributed by atoms with Crippen LogP contribution in [0.2, 0.25) is 0 Å². The zero-order valence-electron chi connectivity index (χ0n) is 10.1. The van der Waals surface area contributed by atoms with Gasteiger partial charge in [0.05, 0.1) is 6.04 Å². The summed E-state index contributed by atoms with van der Waals surface area (Å²) in [4.78, 5) is 4.25. The number of aryl methyl sites for hydroxylation is 1. The molecule has 0 aromatic carbocycles. The molecular formula is C11H21N3O. The average Bonchev–Trinajstić information content (AvgIpc) is 2.65. The summed E-state index contributed by atoms with van der Waals surface area (Å²) < 4.78 is 4.98. The third-order valence-electron chi connectivity index (χ3n) is 2.67. The number of rotatable bonds is 6. The second-order valence-electron chi connectivity index (χ2n) is 4.05. The van der Waals surface area contributed by atoms with Gasteiger partial charge in [-0.2, -0.15) is 4.98 Å². The van der Waals surface area contributed by atoms with Crippen LogP contribution in [0.1, 0.15) is 51.4 Å². The van der Waals surface area contributed by atoms with Gasteiger partial charge in [-0.25, -0.2) is 0 Å². The molecule has 0 radical (unpaired) electrons.